The van der Waals surface area contributed by atoms with Crippen LogP contribution in [0.3, 0.4) is 0 Å². The van der Waals surface area contributed by atoms with E-state index in [2.05, 4.69) is 10.5 Å². The first-order valence-corrected chi connectivity index (χ1v) is 6.00. The topological polar surface area (TPSA) is 55.1 Å². The number of amides is 1. The Morgan fingerprint density at radius 3 is 2.67 bits per heavy atom. The van der Waals surface area contributed by atoms with Gasteiger partial charge >= 0.3 is 0 Å². The lowest BCUT2D eigenvalue weighted by molar-refractivity contribution is 0.0926. The molecule has 18 heavy (non-hydrogen) atoms. The summed E-state index contributed by atoms with van der Waals surface area (Å²) in [5.41, 5.74) is 1.41. The quantitative estimate of drug-likeness (QED) is 0.899. The summed E-state index contributed by atoms with van der Waals surface area (Å²) in [5, 5.41) is 6.66. The second-order valence-corrected chi connectivity index (χ2v) is 4.17. The third kappa shape index (κ3) is 2.77. The average Bonchev–Trinajstić information content (AvgIpc) is 2.83. The number of hydrogen-bond donors (Lipinski definition) is 1. The van der Waals surface area contributed by atoms with Crippen LogP contribution in [0.15, 0.2) is 40.9 Å². The Labute approximate surface area is 106 Å². The molecule has 2 aromatic rings. The molecule has 0 radical (unpaired) electrons. The van der Waals surface area contributed by atoms with E-state index in [9.17, 15) is 4.79 Å². The van der Waals surface area contributed by atoms with Crippen molar-refractivity contribution in [3.05, 3.63) is 53.4 Å². The van der Waals surface area contributed by atoms with Crippen LogP contribution in [0.25, 0.3) is 0 Å². The van der Waals surface area contributed by atoms with E-state index in [-0.39, 0.29) is 11.9 Å². The number of nitrogens with one attached hydrogen (secondary N) is 1. The molecule has 1 aromatic carbocycles. The predicted molar refractivity (Wildman–Crippen MR) is 68.2 cm³/mol. The highest BCUT2D eigenvalue weighted by Gasteiger charge is 2.16. The van der Waals surface area contributed by atoms with Gasteiger partial charge in [0.15, 0.2) is 5.69 Å². The maximum absolute atomic E-state index is 12.0. The number of hydrogen-bond acceptors (Lipinski definition) is 3. The molecule has 0 unspecified atom stereocenters. The van der Waals surface area contributed by atoms with E-state index in [1.54, 1.807) is 13.0 Å². The van der Waals surface area contributed by atoms with E-state index in [0.717, 1.165) is 12.0 Å². The van der Waals surface area contributed by atoms with Crippen molar-refractivity contribution in [2.24, 2.45) is 0 Å². The number of aryl methyl sites for hydroxylation is 1. The molecular weight excluding hydrogens is 228 g/mol. The number of carbonyl (C=O) groups is 1. The van der Waals surface area contributed by atoms with Crippen molar-refractivity contribution in [1.82, 2.24) is 10.5 Å². The first kappa shape index (κ1) is 12.4. The highest BCUT2D eigenvalue weighted by molar-refractivity contribution is 5.92. The van der Waals surface area contributed by atoms with Gasteiger partial charge in [-0.25, -0.2) is 0 Å². The second-order valence-electron chi connectivity index (χ2n) is 4.17. The van der Waals surface area contributed by atoms with Gasteiger partial charge in [0.05, 0.1) is 6.04 Å². The van der Waals surface area contributed by atoms with E-state index in [1.807, 2.05) is 37.3 Å². The van der Waals surface area contributed by atoms with Gasteiger partial charge in [-0.1, -0.05) is 42.4 Å². The molecule has 0 aliphatic heterocycles. The van der Waals surface area contributed by atoms with Crippen LogP contribution in [0.1, 0.15) is 41.2 Å². The molecule has 94 valence electrons. The first-order valence-electron chi connectivity index (χ1n) is 6.00. The maximum atomic E-state index is 12.0. The molecule has 4 heteroatoms. The highest BCUT2D eigenvalue weighted by Crippen LogP contribution is 2.16. The maximum Gasteiger partial charge on any atom is 0.273 e. The average molecular weight is 244 g/mol. The van der Waals surface area contributed by atoms with Crippen LogP contribution in [0.2, 0.25) is 0 Å². The minimum Gasteiger partial charge on any atom is -0.361 e. The molecule has 0 spiro atoms. The molecule has 0 fully saturated rings. The summed E-state index contributed by atoms with van der Waals surface area (Å²) in [6, 6.07) is 11.5. The molecule has 1 atom stereocenters. The van der Waals surface area contributed by atoms with E-state index in [4.69, 9.17) is 4.52 Å². The van der Waals surface area contributed by atoms with Gasteiger partial charge in [0.2, 0.25) is 0 Å². The molecule has 1 amide bonds. The molecule has 1 heterocycles. The number of nitrogens with zero attached hydrogens (tertiary/aromatic N) is 1. The van der Waals surface area contributed by atoms with Gasteiger partial charge in [0.25, 0.3) is 5.91 Å². The molecule has 0 saturated heterocycles. The van der Waals surface area contributed by atoms with Gasteiger partial charge in [-0.3, -0.25) is 4.79 Å². The molecule has 0 saturated carbocycles. The zero-order valence-electron chi connectivity index (χ0n) is 10.5. The van der Waals surface area contributed by atoms with Crippen molar-refractivity contribution in [2.45, 2.75) is 26.3 Å². The molecule has 4 nitrogen and oxygen atoms in total. The fourth-order valence-electron chi connectivity index (χ4n) is 1.81. The van der Waals surface area contributed by atoms with Crippen molar-refractivity contribution in [2.75, 3.05) is 0 Å². The summed E-state index contributed by atoms with van der Waals surface area (Å²) in [7, 11) is 0. The summed E-state index contributed by atoms with van der Waals surface area (Å²) in [4.78, 5) is 12.0. The summed E-state index contributed by atoms with van der Waals surface area (Å²) >= 11 is 0. The molecule has 0 bridgehead atoms. The molecular formula is C14H16N2O2. The first-order chi connectivity index (χ1) is 8.70. The Hall–Kier alpha value is -2.10. The van der Waals surface area contributed by atoms with Crippen LogP contribution >= 0.6 is 0 Å². The van der Waals surface area contributed by atoms with Crippen LogP contribution in [-0.2, 0) is 0 Å². The Morgan fingerprint density at radius 1 is 1.39 bits per heavy atom. The van der Waals surface area contributed by atoms with Crippen molar-refractivity contribution in [3.63, 3.8) is 0 Å². The van der Waals surface area contributed by atoms with Crippen LogP contribution in [0.4, 0.5) is 0 Å². The van der Waals surface area contributed by atoms with Crippen LogP contribution < -0.4 is 5.32 Å². The molecule has 0 aliphatic carbocycles. The Bertz CT molecular complexity index is 520. The lowest BCUT2D eigenvalue weighted by Gasteiger charge is -2.16. The van der Waals surface area contributed by atoms with Gasteiger partial charge in [-0.2, -0.15) is 0 Å². The lowest BCUT2D eigenvalue weighted by atomic mass is 10.0. The monoisotopic (exact) mass is 244 g/mol. The summed E-state index contributed by atoms with van der Waals surface area (Å²) in [6.07, 6.45) is 0.826. The third-order valence-electron chi connectivity index (χ3n) is 2.78. The van der Waals surface area contributed by atoms with Crippen LogP contribution in [-0.4, -0.2) is 11.1 Å². The minimum absolute atomic E-state index is 0.00398. The number of aromatic nitrogens is 1. The van der Waals surface area contributed by atoms with E-state index in [1.165, 1.54) is 0 Å². The molecule has 0 aliphatic rings. The Kier molecular flexibility index (Phi) is 3.77. The van der Waals surface area contributed by atoms with Crippen molar-refractivity contribution >= 4 is 5.91 Å². The highest BCUT2D eigenvalue weighted by atomic mass is 16.5. The van der Waals surface area contributed by atoms with Gasteiger partial charge in [0, 0.05) is 6.07 Å². The third-order valence-corrected chi connectivity index (χ3v) is 2.78. The summed E-state index contributed by atoms with van der Waals surface area (Å²) in [5.74, 6) is 0.426. The number of rotatable bonds is 4. The predicted octanol–water partition coefficient (Wildman–Crippen LogP) is 2.86. The normalized spacial score (nSPS) is 12.1. The fraction of sp³-hybridized carbons (Fsp3) is 0.286. The SMILES string of the molecule is CC[C@H](NC(=O)c1cc(C)on1)c1ccccc1. The smallest absolute Gasteiger partial charge is 0.273 e. The zero-order valence-corrected chi connectivity index (χ0v) is 10.5. The van der Waals surface area contributed by atoms with Crippen molar-refractivity contribution in [1.29, 1.82) is 0 Å². The summed E-state index contributed by atoms with van der Waals surface area (Å²) < 4.78 is 4.90. The molecule has 1 aromatic heterocycles. The number of carbonyl (C=O) groups excluding carboxylic acids is 1. The molecule has 2 rings (SSSR count). The standard InChI is InChI=1S/C14H16N2O2/c1-3-12(11-7-5-4-6-8-11)15-14(17)13-9-10(2)18-16-13/h4-9,12H,3H2,1-2H3,(H,15,17)/t12-/m0/s1. The van der Waals surface area contributed by atoms with Crippen molar-refractivity contribution < 1.29 is 9.32 Å². The van der Waals surface area contributed by atoms with E-state index in [0.29, 0.717) is 11.5 Å². The number of benzene rings is 1. The van der Waals surface area contributed by atoms with Gasteiger partial charge in [-0.15, -0.1) is 0 Å². The van der Waals surface area contributed by atoms with Gasteiger partial charge < -0.3 is 9.84 Å². The fourth-order valence-corrected chi connectivity index (χ4v) is 1.81. The molecule has 1 N–H and O–H groups in total. The minimum atomic E-state index is -0.206. The van der Waals surface area contributed by atoms with Gasteiger partial charge in [0.1, 0.15) is 5.76 Å². The van der Waals surface area contributed by atoms with Crippen molar-refractivity contribution in [3.8, 4) is 0 Å². The van der Waals surface area contributed by atoms with E-state index < -0.39 is 0 Å². The Morgan fingerprint density at radius 2 is 2.11 bits per heavy atom. The largest absolute Gasteiger partial charge is 0.361 e. The van der Waals surface area contributed by atoms with E-state index >= 15 is 0 Å². The zero-order chi connectivity index (χ0) is 13.0. The summed E-state index contributed by atoms with van der Waals surface area (Å²) in [6.45, 7) is 3.80. The Balaban J connectivity index is 2.10. The van der Waals surface area contributed by atoms with Crippen LogP contribution in [0.5, 0.6) is 0 Å². The second kappa shape index (κ2) is 5.49. The lowest BCUT2D eigenvalue weighted by Crippen LogP contribution is -2.28. The van der Waals surface area contributed by atoms with Gasteiger partial charge in [-0.05, 0) is 18.9 Å². The van der Waals surface area contributed by atoms with Crippen LogP contribution in [0, 0.1) is 6.92 Å².